The summed E-state index contributed by atoms with van der Waals surface area (Å²) in [5, 5.41) is 32.9. The average molecular weight is 918 g/mol. The SMILES string of the molecule is CC[C@@H](C(=O)[C@@H](C)[C@@H](O)[C@H](C)[C@@H]1O[C@@H]([C@@H](CC)C(=O)O)CC[C@@H]1C)[C@H]1O[C@]2(C=C[C@@H](NS(=O)(=O)c3ccc(C)cc3)C(C3CC[C@@](C)([C@H]4CC[C@](O)(CC)[C@H](C)O4)O3)O2)[C@H](C)C[C@@H]1C. The van der Waals surface area contributed by atoms with Gasteiger partial charge in [0.05, 0.1) is 70.8 Å². The molecule has 0 aromatic heterocycles. The molecule has 5 heterocycles. The number of benzene rings is 1. The third-order valence-corrected chi connectivity index (χ3v) is 17.8. The summed E-state index contributed by atoms with van der Waals surface area (Å²) in [6, 6.07) is 5.88. The van der Waals surface area contributed by atoms with E-state index < -0.39 is 99.3 Å². The number of rotatable bonds is 16. The molecule has 0 radical (unpaired) electrons. The minimum absolute atomic E-state index is 0.0489. The highest BCUT2D eigenvalue weighted by Gasteiger charge is 2.57. The standard InChI is InChI=1S/C50H79NO12S/c1-12-36(47(54)55)39-20-17-29(5)44(60-39)33(9)42(52)32(8)43(53)37(13-2)45-30(6)27-31(7)50(62-45)26-21-38(51-64(57,58)35-18-15-28(4)16-19-35)46(63-50)40-22-24-48(11,61-40)41-23-25-49(56,14-3)34(10)59-41/h15-16,18-19,21,26,29-34,36-42,44-46,51-52,56H,12-14,17,20,22-25,27H2,1-11H3,(H,54,55)/t29-,30-,31+,32-,33-,34-,36+,37-,38+,39+,40?,41+,42+,44+,45-,46?,48-,49+,50-/m0/s1. The van der Waals surface area contributed by atoms with E-state index in [0.29, 0.717) is 57.8 Å². The molecule has 4 saturated heterocycles. The van der Waals surface area contributed by atoms with Crippen molar-refractivity contribution in [2.24, 2.45) is 41.4 Å². The van der Waals surface area contributed by atoms with Crippen LogP contribution in [0.2, 0.25) is 0 Å². The average Bonchev–Trinajstić information content (AvgIpc) is 3.67. The van der Waals surface area contributed by atoms with Crippen molar-refractivity contribution < 1.29 is 57.0 Å². The van der Waals surface area contributed by atoms with Crippen LogP contribution in [0.15, 0.2) is 41.3 Å². The molecule has 5 aliphatic heterocycles. The number of carbonyl (C=O) groups is 2. The van der Waals surface area contributed by atoms with Gasteiger partial charge in [0.1, 0.15) is 11.9 Å². The highest BCUT2D eigenvalue weighted by atomic mass is 32.2. The van der Waals surface area contributed by atoms with Gasteiger partial charge < -0.3 is 39.0 Å². The Hall–Kier alpha value is -2.27. The molecule has 19 atom stereocenters. The maximum atomic E-state index is 14.7. The number of carbonyl (C=O) groups excluding carboxylic acids is 1. The van der Waals surface area contributed by atoms with Crippen molar-refractivity contribution in [1.29, 1.82) is 0 Å². The third kappa shape index (κ3) is 10.3. The smallest absolute Gasteiger partial charge is 0.309 e. The van der Waals surface area contributed by atoms with Crippen molar-refractivity contribution in [1.82, 2.24) is 4.72 Å². The van der Waals surface area contributed by atoms with Crippen molar-refractivity contribution >= 4 is 21.8 Å². The number of nitrogens with one attached hydrogen (secondary N) is 1. The second-order valence-corrected chi connectivity index (χ2v) is 22.4. The van der Waals surface area contributed by atoms with Crippen LogP contribution in [-0.4, -0.2) is 107 Å². The van der Waals surface area contributed by atoms with E-state index in [2.05, 4.69) is 25.5 Å². The molecule has 362 valence electrons. The summed E-state index contributed by atoms with van der Waals surface area (Å²) < 4.78 is 65.0. The van der Waals surface area contributed by atoms with Gasteiger partial charge in [-0.3, -0.25) is 9.59 Å². The summed E-state index contributed by atoms with van der Waals surface area (Å²) >= 11 is 0. The Balaban J connectivity index is 1.25. The van der Waals surface area contributed by atoms with Crippen LogP contribution in [0.1, 0.15) is 139 Å². The van der Waals surface area contributed by atoms with Crippen molar-refractivity contribution in [3.05, 3.63) is 42.0 Å². The fourth-order valence-corrected chi connectivity index (χ4v) is 13.0. The Bertz CT molecular complexity index is 1910. The van der Waals surface area contributed by atoms with E-state index in [4.69, 9.17) is 23.7 Å². The molecule has 2 unspecified atom stereocenters. The number of Topliss-reactive ketones (excluding diaryl/α,β-unsaturated/α-hetero) is 1. The minimum atomic E-state index is -4.00. The van der Waals surface area contributed by atoms with Crippen LogP contribution < -0.4 is 4.72 Å². The van der Waals surface area contributed by atoms with Crippen LogP contribution >= 0.6 is 0 Å². The number of ether oxygens (including phenoxy) is 5. The lowest BCUT2D eigenvalue weighted by Gasteiger charge is -2.52. The van der Waals surface area contributed by atoms with E-state index >= 15 is 0 Å². The molecule has 0 saturated carbocycles. The molecule has 4 fully saturated rings. The summed E-state index contributed by atoms with van der Waals surface area (Å²) in [6.07, 6.45) is 5.09. The van der Waals surface area contributed by atoms with E-state index in [1.165, 1.54) is 0 Å². The lowest BCUT2D eigenvalue weighted by atomic mass is 9.72. The van der Waals surface area contributed by atoms with Gasteiger partial charge in [0, 0.05) is 23.7 Å². The monoisotopic (exact) mass is 918 g/mol. The van der Waals surface area contributed by atoms with Crippen LogP contribution in [0.25, 0.3) is 0 Å². The summed E-state index contributed by atoms with van der Waals surface area (Å²) in [5.41, 5.74) is -0.686. The zero-order valence-corrected chi connectivity index (χ0v) is 41.0. The van der Waals surface area contributed by atoms with E-state index in [1.807, 2.05) is 60.6 Å². The Morgan fingerprint density at radius 2 is 1.55 bits per heavy atom. The van der Waals surface area contributed by atoms with Crippen molar-refractivity contribution in [3.63, 3.8) is 0 Å². The highest BCUT2D eigenvalue weighted by Crippen LogP contribution is 2.49. The number of carboxylic acids is 1. The molecule has 1 aromatic rings. The molecule has 64 heavy (non-hydrogen) atoms. The van der Waals surface area contributed by atoms with Crippen LogP contribution in [0.4, 0.5) is 0 Å². The zero-order chi connectivity index (χ0) is 47.1. The highest BCUT2D eigenvalue weighted by molar-refractivity contribution is 7.89. The Kier molecular flexibility index (Phi) is 16.1. The van der Waals surface area contributed by atoms with Gasteiger partial charge in [-0.05, 0) is 115 Å². The predicted molar refractivity (Wildman–Crippen MR) is 243 cm³/mol. The zero-order valence-electron chi connectivity index (χ0n) is 40.2. The van der Waals surface area contributed by atoms with Crippen LogP contribution in [0.5, 0.6) is 0 Å². The Morgan fingerprint density at radius 3 is 2.16 bits per heavy atom. The molecule has 4 N–H and O–H groups in total. The maximum Gasteiger partial charge on any atom is 0.309 e. The minimum Gasteiger partial charge on any atom is -0.481 e. The maximum absolute atomic E-state index is 14.7. The molecule has 1 spiro atoms. The van der Waals surface area contributed by atoms with Crippen molar-refractivity contribution in [3.8, 4) is 0 Å². The molecule has 5 aliphatic rings. The van der Waals surface area contributed by atoms with Gasteiger partial charge in [-0.25, -0.2) is 13.1 Å². The van der Waals surface area contributed by atoms with E-state index in [0.717, 1.165) is 12.0 Å². The quantitative estimate of drug-likeness (QED) is 0.120. The number of hydrogen-bond acceptors (Lipinski definition) is 11. The molecule has 0 aliphatic carbocycles. The molecule has 0 bridgehead atoms. The van der Waals surface area contributed by atoms with Gasteiger partial charge in [-0.1, -0.05) is 79.2 Å². The molecule has 13 nitrogen and oxygen atoms in total. The third-order valence-electron chi connectivity index (χ3n) is 16.3. The predicted octanol–water partition coefficient (Wildman–Crippen LogP) is 7.52. The van der Waals surface area contributed by atoms with Crippen LogP contribution in [0.3, 0.4) is 0 Å². The lowest BCUT2D eigenvalue weighted by Crippen LogP contribution is -2.62. The van der Waals surface area contributed by atoms with E-state index in [1.54, 1.807) is 31.2 Å². The number of aliphatic hydroxyl groups excluding tert-OH is 1. The summed E-state index contributed by atoms with van der Waals surface area (Å²) in [4.78, 5) is 26.9. The van der Waals surface area contributed by atoms with Crippen molar-refractivity contribution in [2.75, 3.05) is 0 Å². The van der Waals surface area contributed by atoms with Gasteiger partial charge in [-0.2, -0.15) is 0 Å². The fourth-order valence-electron chi connectivity index (χ4n) is 11.8. The number of carboxylic acid groups (broad SMARTS) is 1. The molecular formula is C50H79NO12S. The number of aliphatic carboxylic acids is 1. The number of aliphatic hydroxyl groups is 2. The first kappa shape index (κ1) is 51.1. The number of ketones is 1. The van der Waals surface area contributed by atoms with Gasteiger partial charge in [0.15, 0.2) is 5.79 Å². The van der Waals surface area contributed by atoms with Crippen LogP contribution in [0, 0.1) is 48.3 Å². The second kappa shape index (κ2) is 20.1. The summed E-state index contributed by atoms with van der Waals surface area (Å²) in [7, 11) is -4.00. The van der Waals surface area contributed by atoms with Crippen molar-refractivity contribution in [2.45, 2.75) is 217 Å². The first-order valence-corrected chi connectivity index (χ1v) is 25.8. The first-order chi connectivity index (χ1) is 30.0. The first-order valence-electron chi connectivity index (χ1n) is 24.3. The molecule has 14 heteroatoms. The van der Waals surface area contributed by atoms with E-state index in [9.17, 15) is 33.3 Å². The second-order valence-electron chi connectivity index (χ2n) is 20.7. The number of hydrogen-bond donors (Lipinski definition) is 4. The van der Waals surface area contributed by atoms with Crippen LogP contribution in [-0.2, 0) is 43.3 Å². The van der Waals surface area contributed by atoms with E-state index in [-0.39, 0.29) is 40.6 Å². The number of aryl methyl sites for hydroxylation is 1. The van der Waals surface area contributed by atoms with Gasteiger partial charge in [0.25, 0.3) is 0 Å². The molecule has 0 amide bonds. The lowest BCUT2D eigenvalue weighted by molar-refractivity contribution is -0.327. The Labute approximate surface area is 382 Å². The summed E-state index contributed by atoms with van der Waals surface area (Å²) in [6.45, 7) is 21.5. The Morgan fingerprint density at radius 1 is 0.875 bits per heavy atom. The van der Waals surface area contributed by atoms with Gasteiger partial charge in [0.2, 0.25) is 10.0 Å². The molecule has 6 rings (SSSR count). The summed E-state index contributed by atoms with van der Waals surface area (Å²) in [5.74, 6) is -4.88. The van der Waals surface area contributed by atoms with Gasteiger partial charge in [-0.15, -0.1) is 0 Å². The van der Waals surface area contributed by atoms with Gasteiger partial charge >= 0.3 is 5.97 Å². The normalized spacial score (nSPS) is 40.7. The largest absolute Gasteiger partial charge is 0.481 e. The fraction of sp³-hybridized carbons (Fsp3) is 0.800. The molecule has 1 aromatic carbocycles. The number of sulfonamides is 1. The molecular weight excluding hydrogens is 839 g/mol. The topological polar surface area (TPSA) is 187 Å².